The smallest absolute Gasteiger partial charge is 0.136 e. The van der Waals surface area contributed by atoms with Crippen molar-refractivity contribution in [3.8, 4) is 11.1 Å². The van der Waals surface area contributed by atoms with Crippen molar-refractivity contribution in [2.45, 2.75) is 0 Å². The largest absolute Gasteiger partial charge is 0.456 e. The van der Waals surface area contributed by atoms with Gasteiger partial charge in [-0.25, -0.2) is 0 Å². The van der Waals surface area contributed by atoms with Crippen LogP contribution in [0, 0.1) is 0 Å². The third kappa shape index (κ3) is 5.24. The molecule has 0 aliphatic carbocycles. The third-order valence-corrected chi connectivity index (χ3v) is 9.64. The number of furan rings is 1. The van der Waals surface area contributed by atoms with Gasteiger partial charge in [0.2, 0.25) is 0 Å². The highest BCUT2D eigenvalue weighted by atomic mass is 16.3. The molecule has 0 radical (unpaired) electrons. The molecule has 9 aromatic rings. The van der Waals surface area contributed by atoms with Gasteiger partial charge in [-0.2, -0.15) is 0 Å². The fraction of sp³-hybridized carbons (Fsp3) is 0. The Hall–Kier alpha value is -6.64. The molecule has 0 N–H and O–H groups in total. The Kier molecular flexibility index (Phi) is 7.33. The summed E-state index contributed by atoms with van der Waals surface area (Å²) in [5.41, 5.74) is 8.60. The van der Waals surface area contributed by atoms with E-state index in [4.69, 9.17) is 4.42 Å². The fourth-order valence-electron chi connectivity index (χ4n) is 7.15. The van der Waals surface area contributed by atoms with Gasteiger partial charge >= 0.3 is 0 Å². The lowest BCUT2D eigenvalue weighted by Crippen LogP contribution is -2.11. The number of anilines is 3. The van der Waals surface area contributed by atoms with E-state index in [2.05, 4.69) is 193 Å². The van der Waals surface area contributed by atoms with Crippen molar-refractivity contribution < 1.29 is 4.42 Å². The third-order valence-electron chi connectivity index (χ3n) is 9.64. The van der Waals surface area contributed by atoms with E-state index in [0.717, 1.165) is 50.3 Å². The Labute approximate surface area is 291 Å². The second kappa shape index (κ2) is 12.4. The molecule has 0 bridgehead atoms. The van der Waals surface area contributed by atoms with Crippen LogP contribution in [0.25, 0.3) is 72.6 Å². The second-order valence-electron chi connectivity index (χ2n) is 12.6. The SMILES string of the molecule is C=Cc1oc2cc3ccccc3cc2c1/C=C/c1ccccc1N(c1ccc(-c2ccccc2)cc1)c1ccc2c(ccc3ccccc32)c1. The van der Waals surface area contributed by atoms with Crippen LogP contribution in [0.1, 0.15) is 16.9 Å². The molecule has 0 fully saturated rings. The summed E-state index contributed by atoms with van der Waals surface area (Å²) < 4.78 is 6.30. The average Bonchev–Trinajstić information content (AvgIpc) is 3.53. The maximum atomic E-state index is 6.30. The number of rotatable bonds is 7. The molecular formula is C48H33NO. The minimum Gasteiger partial charge on any atom is -0.456 e. The van der Waals surface area contributed by atoms with Crippen LogP contribution in [0.4, 0.5) is 17.1 Å². The summed E-state index contributed by atoms with van der Waals surface area (Å²) in [6, 6.07) is 60.5. The van der Waals surface area contributed by atoms with Gasteiger partial charge in [0.15, 0.2) is 0 Å². The lowest BCUT2D eigenvalue weighted by molar-refractivity contribution is 0.604. The number of para-hydroxylation sites is 1. The van der Waals surface area contributed by atoms with E-state index in [1.54, 1.807) is 6.08 Å². The lowest BCUT2D eigenvalue weighted by Gasteiger charge is -2.27. The summed E-state index contributed by atoms with van der Waals surface area (Å²) in [6.07, 6.45) is 6.16. The number of benzene rings is 8. The Bertz CT molecular complexity index is 2720. The Morgan fingerprint density at radius 1 is 0.460 bits per heavy atom. The monoisotopic (exact) mass is 639 g/mol. The normalized spacial score (nSPS) is 11.6. The predicted molar refractivity (Wildman–Crippen MR) is 214 cm³/mol. The summed E-state index contributed by atoms with van der Waals surface area (Å²) in [7, 11) is 0. The molecule has 0 amide bonds. The van der Waals surface area contributed by atoms with Crippen molar-refractivity contribution in [3.05, 3.63) is 193 Å². The maximum absolute atomic E-state index is 6.30. The van der Waals surface area contributed by atoms with Crippen molar-refractivity contribution in [2.24, 2.45) is 0 Å². The summed E-state index contributed by atoms with van der Waals surface area (Å²) in [5, 5.41) is 8.36. The number of nitrogens with zero attached hydrogens (tertiary/aromatic N) is 1. The standard InChI is InChI=1S/C48H33NO/c1-2-47-44(45-31-37-16-6-7-17-38(37)32-48(45)50-47)28-24-36-15-9-11-19-46(36)49(40-25-22-34(23-26-40)33-12-4-3-5-13-33)41-27-29-43-39(30-41)21-20-35-14-8-10-18-42(35)43/h2-32H,1H2/b28-24+. The van der Waals surface area contributed by atoms with E-state index in [9.17, 15) is 0 Å². The van der Waals surface area contributed by atoms with E-state index < -0.39 is 0 Å². The van der Waals surface area contributed by atoms with Crippen LogP contribution in [0.2, 0.25) is 0 Å². The molecule has 0 saturated carbocycles. The first-order valence-electron chi connectivity index (χ1n) is 17.0. The van der Waals surface area contributed by atoms with Gasteiger partial charge in [0.1, 0.15) is 11.3 Å². The zero-order valence-corrected chi connectivity index (χ0v) is 27.5. The van der Waals surface area contributed by atoms with Crippen LogP contribution < -0.4 is 4.90 Å². The van der Waals surface area contributed by atoms with Gasteiger partial charge in [-0.1, -0.05) is 140 Å². The van der Waals surface area contributed by atoms with E-state index in [0.29, 0.717) is 0 Å². The highest BCUT2D eigenvalue weighted by molar-refractivity contribution is 6.09. The minimum absolute atomic E-state index is 0.763. The molecule has 0 aliphatic heterocycles. The summed E-state index contributed by atoms with van der Waals surface area (Å²) >= 11 is 0. The van der Waals surface area contributed by atoms with Gasteiger partial charge in [0, 0.05) is 22.3 Å². The molecule has 2 nitrogen and oxygen atoms in total. The topological polar surface area (TPSA) is 16.4 Å². The van der Waals surface area contributed by atoms with Crippen LogP contribution >= 0.6 is 0 Å². The molecule has 8 aromatic carbocycles. The molecule has 0 unspecified atom stereocenters. The first-order chi connectivity index (χ1) is 24.7. The van der Waals surface area contributed by atoms with Gasteiger partial charge in [0.05, 0.1) is 5.69 Å². The molecule has 1 aromatic heterocycles. The van der Waals surface area contributed by atoms with E-state index in [1.165, 1.54) is 38.1 Å². The van der Waals surface area contributed by atoms with Crippen LogP contribution in [0.3, 0.4) is 0 Å². The Morgan fingerprint density at radius 3 is 1.92 bits per heavy atom. The quantitative estimate of drug-likeness (QED) is 0.161. The highest BCUT2D eigenvalue weighted by Crippen LogP contribution is 2.41. The number of fused-ring (bicyclic) bond motifs is 5. The predicted octanol–water partition coefficient (Wildman–Crippen LogP) is 13.8. The van der Waals surface area contributed by atoms with Crippen molar-refractivity contribution in [3.63, 3.8) is 0 Å². The molecule has 0 saturated heterocycles. The molecule has 50 heavy (non-hydrogen) atoms. The molecule has 0 aliphatic rings. The Morgan fingerprint density at radius 2 is 1.10 bits per heavy atom. The zero-order chi connectivity index (χ0) is 33.4. The lowest BCUT2D eigenvalue weighted by atomic mass is 10.00. The van der Waals surface area contributed by atoms with Gasteiger partial charge in [0.25, 0.3) is 0 Å². The van der Waals surface area contributed by atoms with Gasteiger partial charge < -0.3 is 9.32 Å². The van der Waals surface area contributed by atoms with Crippen LogP contribution in [0.5, 0.6) is 0 Å². The molecule has 9 rings (SSSR count). The molecule has 1 heterocycles. The Balaban J connectivity index is 1.19. The minimum atomic E-state index is 0.763. The van der Waals surface area contributed by atoms with Crippen molar-refractivity contribution in [2.75, 3.05) is 4.90 Å². The van der Waals surface area contributed by atoms with Gasteiger partial charge in [-0.05, 0) is 104 Å². The zero-order valence-electron chi connectivity index (χ0n) is 27.5. The average molecular weight is 640 g/mol. The van der Waals surface area contributed by atoms with Gasteiger partial charge in [-0.15, -0.1) is 0 Å². The van der Waals surface area contributed by atoms with Crippen molar-refractivity contribution >= 4 is 78.6 Å². The molecule has 0 spiro atoms. The molecular weight excluding hydrogens is 607 g/mol. The van der Waals surface area contributed by atoms with Crippen molar-refractivity contribution in [1.82, 2.24) is 0 Å². The number of hydrogen-bond acceptors (Lipinski definition) is 2. The molecule has 2 heteroatoms. The van der Waals surface area contributed by atoms with Crippen molar-refractivity contribution in [1.29, 1.82) is 0 Å². The van der Waals surface area contributed by atoms with Crippen LogP contribution in [0.15, 0.2) is 181 Å². The van der Waals surface area contributed by atoms with Crippen LogP contribution in [-0.2, 0) is 0 Å². The number of hydrogen-bond donors (Lipinski definition) is 0. The molecule has 0 atom stereocenters. The first-order valence-corrected chi connectivity index (χ1v) is 17.0. The van der Waals surface area contributed by atoms with E-state index in [-0.39, 0.29) is 0 Å². The molecule has 236 valence electrons. The van der Waals surface area contributed by atoms with Gasteiger partial charge in [-0.3, -0.25) is 0 Å². The van der Waals surface area contributed by atoms with E-state index >= 15 is 0 Å². The maximum Gasteiger partial charge on any atom is 0.136 e. The summed E-state index contributed by atoms with van der Waals surface area (Å²) in [6.45, 7) is 4.07. The van der Waals surface area contributed by atoms with Crippen LogP contribution in [-0.4, -0.2) is 0 Å². The first kappa shape index (κ1) is 29.5. The fourth-order valence-corrected chi connectivity index (χ4v) is 7.15. The summed E-state index contributed by atoms with van der Waals surface area (Å²) in [4.78, 5) is 2.36. The second-order valence-corrected chi connectivity index (χ2v) is 12.6. The highest BCUT2D eigenvalue weighted by Gasteiger charge is 2.17. The summed E-state index contributed by atoms with van der Waals surface area (Å²) in [5.74, 6) is 0.763. The van der Waals surface area contributed by atoms with E-state index in [1.807, 2.05) is 0 Å².